The van der Waals surface area contributed by atoms with Gasteiger partial charge in [-0.05, 0) is 12.0 Å². The quantitative estimate of drug-likeness (QED) is 0.713. The van der Waals surface area contributed by atoms with Gasteiger partial charge in [-0.3, -0.25) is 4.79 Å². The zero-order valence-corrected chi connectivity index (χ0v) is 8.57. The average molecular weight is 208 g/mol. The Balaban J connectivity index is 1.98. The van der Waals surface area contributed by atoms with Gasteiger partial charge in [0.1, 0.15) is 5.67 Å². The lowest BCUT2D eigenvalue weighted by atomic mass is 10.1. The number of benzene rings is 1. The SMILES string of the molecule is CC(=O)OC[C@H]1C[C@]1(F)c1ccccc1. The second-order valence-electron chi connectivity index (χ2n) is 3.93. The summed E-state index contributed by atoms with van der Waals surface area (Å²) in [6.07, 6.45) is 0.449. The fourth-order valence-corrected chi connectivity index (χ4v) is 1.78. The van der Waals surface area contributed by atoms with Crippen LogP contribution in [0.1, 0.15) is 18.9 Å². The van der Waals surface area contributed by atoms with E-state index in [2.05, 4.69) is 0 Å². The molecule has 0 amide bonds. The lowest BCUT2D eigenvalue weighted by Crippen LogP contribution is -2.09. The zero-order chi connectivity index (χ0) is 10.9. The van der Waals surface area contributed by atoms with E-state index in [-0.39, 0.29) is 18.5 Å². The number of ether oxygens (including phenoxy) is 1. The molecule has 2 nitrogen and oxygen atoms in total. The first-order valence-electron chi connectivity index (χ1n) is 5.01. The topological polar surface area (TPSA) is 26.3 Å². The Morgan fingerprint density at radius 2 is 2.20 bits per heavy atom. The van der Waals surface area contributed by atoms with Crippen LogP contribution in [-0.2, 0) is 15.2 Å². The third-order valence-electron chi connectivity index (χ3n) is 2.77. The van der Waals surface area contributed by atoms with Gasteiger partial charge in [-0.2, -0.15) is 0 Å². The fraction of sp³-hybridized carbons (Fsp3) is 0.417. The molecule has 1 aromatic rings. The molecule has 80 valence electrons. The molecule has 0 bridgehead atoms. The van der Waals surface area contributed by atoms with Crippen LogP contribution in [0.2, 0.25) is 0 Å². The van der Waals surface area contributed by atoms with E-state index < -0.39 is 5.67 Å². The van der Waals surface area contributed by atoms with E-state index in [4.69, 9.17) is 4.74 Å². The average Bonchev–Trinajstić information content (AvgIpc) is 2.90. The van der Waals surface area contributed by atoms with E-state index in [1.54, 1.807) is 12.1 Å². The van der Waals surface area contributed by atoms with E-state index in [0.29, 0.717) is 12.0 Å². The van der Waals surface area contributed by atoms with Crippen LogP contribution in [0.25, 0.3) is 0 Å². The molecule has 0 spiro atoms. The maximum absolute atomic E-state index is 14.2. The standard InChI is InChI=1S/C12H13FO2/c1-9(14)15-8-11-7-12(11,13)10-5-3-2-4-6-10/h2-6,11H,7-8H2,1H3/t11-,12+/m1/s1. The van der Waals surface area contributed by atoms with Crippen LogP contribution < -0.4 is 0 Å². The summed E-state index contributed by atoms with van der Waals surface area (Å²) < 4.78 is 19.0. The number of carbonyl (C=O) groups is 1. The van der Waals surface area contributed by atoms with Gasteiger partial charge >= 0.3 is 5.97 Å². The Hall–Kier alpha value is -1.38. The van der Waals surface area contributed by atoms with Crippen molar-refractivity contribution < 1.29 is 13.9 Å². The Morgan fingerprint density at radius 1 is 1.53 bits per heavy atom. The van der Waals surface area contributed by atoms with E-state index >= 15 is 0 Å². The highest BCUT2D eigenvalue weighted by Gasteiger charge is 2.57. The first-order chi connectivity index (χ1) is 7.13. The molecule has 2 rings (SSSR count). The molecule has 1 fully saturated rings. The van der Waals surface area contributed by atoms with Gasteiger partial charge in [0.25, 0.3) is 0 Å². The van der Waals surface area contributed by atoms with Crippen LogP contribution in [0.4, 0.5) is 4.39 Å². The first kappa shape index (κ1) is 10.1. The van der Waals surface area contributed by atoms with Crippen LogP contribution in [0.15, 0.2) is 30.3 Å². The highest BCUT2D eigenvalue weighted by molar-refractivity contribution is 5.65. The van der Waals surface area contributed by atoms with Crippen molar-refractivity contribution in [3.8, 4) is 0 Å². The predicted octanol–water partition coefficient (Wildman–Crippen LogP) is 2.43. The molecule has 0 heterocycles. The molecule has 2 atom stereocenters. The van der Waals surface area contributed by atoms with Crippen molar-refractivity contribution in [2.45, 2.75) is 19.0 Å². The summed E-state index contributed by atoms with van der Waals surface area (Å²) >= 11 is 0. The largest absolute Gasteiger partial charge is 0.465 e. The summed E-state index contributed by atoms with van der Waals surface area (Å²) in [6, 6.07) is 9.04. The third-order valence-corrected chi connectivity index (χ3v) is 2.77. The Labute approximate surface area is 88.1 Å². The molecule has 0 radical (unpaired) electrons. The number of hydrogen-bond acceptors (Lipinski definition) is 2. The van der Waals surface area contributed by atoms with Crippen molar-refractivity contribution in [2.75, 3.05) is 6.61 Å². The van der Waals surface area contributed by atoms with Crippen molar-refractivity contribution in [1.29, 1.82) is 0 Å². The van der Waals surface area contributed by atoms with Gasteiger partial charge in [-0.15, -0.1) is 0 Å². The first-order valence-corrected chi connectivity index (χ1v) is 5.01. The van der Waals surface area contributed by atoms with Gasteiger partial charge in [0.05, 0.1) is 6.61 Å². The molecule has 0 N–H and O–H groups in total. The summed E-state index contributed by atoms with van der Waals surface area (Å²) in [6.45, 7) is 1.52. The van der Waals surface area contributed by atoms with E-state index in [0.717, 1.165) is 0 Å². The van der Waals surface area contributed by atoms with Gasteiger partial charge in [0, 0.05) is 12.8 Å². The maximum atomic E-state index is 14.2. The number of carbonyl (C=O) groups excluding carboxylic acids is 1. The second-order valence-corrected chi connectivity index (χ2v) is 3.93. The third kappa shape index (κ3) is 2.01. The molecule has 0 aromatic heterocycles. The monoisotopic (exact) mass is 208 g/mol. The summed E-state index contributed by atoms with van der Waals surface area (Å²) in [4.78, 5) is 10.6. The summed E-state index contributed by atoms with van der Waals surface area (Å²) in [5.41, 5.74) is -0.598. The minimum absolute atomic E-state index is 0.177. The van der Waals surface area contributed by atoms with Crippen molar-refractivity contribution in [3.05, 3.63) is 35.9 Å². The predicted molar refractivity (Wildman–Crippen MR) is 54.0 cm³/mol. The van der Waals surface area contributed by atoms with Crippen molar-refractivity contribution in [1.82, 2.24) is 0 Å². The highest BCUT2D eigenvalue weighted by atomic mass is 19.1. The van der Waals surface area contributed by atoms with Gasteiger partial charge in [0.2, 0.25) is 0 Å². The molecule has 1 aromatic carbocycles. The Morgan fingerprint density at radius 3 is 2.80 bits per heavy atom. The summed E-state index contributed by atoms with van der Waals surface area (Å²) in [5.74, 6) is -0.527. The molecular formula is C12H13FO2. The summed E-state index contributed by atoms with van der Waals surface area (Å²) in [5, 5.41) is 0. The number of rotatable bonds is 3. The lowest BCUT2D eigenvalue weighted by molar-refractivity contribution is -0.141. The zero-order valence-electron chi connectivity index (χ0n) is 8.57. The minimum Gasteiger partial charge on any atom is -0.465 e. The number of hydrogen-bond donors (Lipinski definition) is 0. The Bertz CT molecular complexity index is 363. The van der Waals surface area contributed by atoms with Crippen LogP contribution >= 0.6 is 0 Å². The molecular weight excluding hydrogens is 195 g/mol. The van der Waals surface area contributed by atoms with Crippen LogP contribution in [0, 0.1) is 5.92 Å². The van der Waals surface area contributed by atoms with Crippen molar-refractivity contribution in [3.63, 3.8) is 0 Å². The van der Waals surface area contributed by atoms with Crippen LogP contribution in [0.5, 0.6) is 0 Å². The van der Waals surface area contributed by atoms with Gasteiger partial charge in [-0.1, -0.05) is 30.3 Å². The van der Waals surface area contributed by atoms with E-state index in [1.165, 1.54) is 6.92 Å². The fourth-order valence-electron chi connectivity index (χ4n) is 1.78. The van der Waals surface area contributed by atoms with Gasteiger partial charge in [0.15, 0.2) is 0 Å². The lowest BCUT2D eigenvalue weighted by Gasteiger charge is -2.07. The maximum Gasteiger partial charge on any atom is 0.302 e. The van der Waals surface area contributed by atoms with Gasteiger partial charge < -0.3 is 4.74 Å². The number of alkyl halides is 1. The van der Waals surface area contributed by atoms with Gasteiger partial charge in [-0.25, -0.2) is 4.39 Å². The smallest absolute Gasteiger partial charge is 0.302 e. The van der Waals surface area contributed by atoms with Crippen molar-refractivity contribution in [2.24, 2.45) is 5.92 Å². The molecule has 1 aliphatic carbocycles. The molecule has 1 saturated carbocycles. The molecule has 15 heavy (non-hydrogen) atoms. The van der Waals surface area contributed by atoms with E-state index in [1.807, 2.05) is 18.2 Å². The van der Waals surface area contributed by atoms with Crippen LogP contribution in [-0.4, -0.2) is 12.6 Å². The summed E-state index contributed by atoms with van der Waals surface area (Å²) in [7, 11) is 0. The number of esters is 1. The van der Waals surface area contributed by atoms with Crippen molar-refractivity contribution >= 4 is 5.97 Å². The molecule has 0 saturated heterocycles. The Kier molecular flexibility index (Phi) is 2.47. The normalized spacial score (nSPS) is 28.5. The molecule has 0 unspecified atom stereocenters. The second kappa shape index (κ2) is 3.65. The van der Waals surface area contributed by atoms with E-state index in [9.17, 15) is 9.18 Å². The molecule has 3 heteroatoms. The number of halogens is 1. The minimum atomic E-state index is -1.28. The molecule has 0 aliphatic heterocycles. The molecule has 1 aliphatic rings. The van der Waals surface area contributed by atoms with Crippen LogP contribution in [0.3, 0.4) is 0 Å². The highest BCUT2D eigenvalue weighted by Crippen LogP contribution is 2.55.